The number of hydrogen-bond acceptors (Lipinski definition) is 5. The third kappa shape index (κ3) is 3.47. The van der Waals surface area contributed by atoms with Gasteiger partial charge in [-0.15, -0.1) is 0 Å². The molecule has 0 unspecified atom stereocenters. The topological polar surface area (TPSA) is 76.7 Å². The first-order valence-electron chi connectivity index (χ1n) is 8.52. The molecule has 8 heteroatoms. The smallest absolute Gasteiger partial charge is 0.216 e. The molecule has 4 aromatic rings. The summed E-state index contributed by atoms with van der Waals surface area (Å²) in [5.41, 5.74) is 3.54. The summed E-state index contributed by atoms with van der Waals surface area (Å²) in [6.45, 7) is 2.01. The SMILES string of the molecule is CCc1n[nH]c(=S)n1N=Cc1cn(-c2ccccc2)nc1-c1cccnc1. The minimum atomic E-state index is 0.460. The number of aromatic nitrogens is 6. The Kier molecular flexibility index (Phi) is 4.71. The highest BCUT2D eigenvalue weighted by molar-refractivity contribution is 7.71. The van der Waals surface area contributed by atoms with Gasteiger partial charge < -0.3 is 0 Å². The van der Waals surface area contributed by atoms with Crippen molar-refractivity contribution in [1.82, 2.24) is 29.6 Å². The van der Waals surface area contributed by atoms with E-state index < -0.39 is 0 Å². The molecular formula is C19H17N7S. The summed E-state index contributed by atoms with van der Waals surface area (Å²) in [6.07, 6.45) is 7.94. The molecule has 0 aliphatic rings. The van der Waals surface area contributed by atoms with Gasteiger partial charge in [-0.25, -0.2) is 4.68 Å². The number of pyridine rings is 1. The van der Waals surface area contributed by atoms with Crippen LogP contribution in [-0.2, 0) is 6.42 Å². The fourth-order valence-electron chi connectivity index (χ4n) is 2.71. The van der Waals surface area contributed by atoms with Crippen molar-refractivity contribution < 1.29 is 0 Å². The zero-order chi connectivity index (χ0) is 18.6. The minimum absolute atomic E-state index is 0.460. The van der Waals surface area contributed by atoms with Gasteiger partial charge in [-0.1, -0.05) is 25.1 Å². The van der Waals surface area contributed by atoms with Crippen molar-refractivity contribution in [2.24, 2.45) is 5.10 Å². The van der Waals surface area contributed by atoms with E-state index in [1.54, 1.807) is 23.3 Å². The van der Waals surface area contributed by atoms with Crippen LogP contribution in [0.15, 0.2) is 66.2 Å². The minimum Gasteiger partial charge on any atom is -0.264 e. The molecular weight excluding hydrogens is 358 g/mol. The number of aryl methyl sites for hydroxylation is 1. The quantitative estimate of drug-likeness (QED) is 0.427. The maximum atomic E-state index is 5.26. The predicted molar refractivity (Wildman–Crippen MR) is 107 cm³/mol. The second kappa shape index (κ2) is 7.46. The molecule has 3 aromatic heterocycles. The van der Waals surface area contributed by atoms with E-state index in [0.717, 1.165) is 34.8 Å². The van der Waals surface area contributed by atoms with Gasteiger partial charge in [0.05, 0.1) is 11.9 Å². The van der Waals surface area contributed by atoms with E-state index >= 15 is 0 Å². The number of nitrogens with zero attached hydrogens (tertiary/aromatic N) is 6. The van der Waals surface area contributed by atoms with Crippen LogP contribution in [0.25, 0.3) is 16.9 Å². The van der Waals surface area contributed by atoms with Crippen molar-refractivity contribution in [3.8, 4) is 16.9 Å². The van der Waals surface area contributed by atoms with E-state index in [4.69, 9.17) is 17.3 Å². The average molecular weight is 375 g/mol. The van der Waals surface area contributed by atoms with Crippen LogP contribution in [0.4, 0.5) is 0 Å². The van der Waals surface area contributed by atoms with E-state index in [1.807, 2.05) is 60.3 Å². The Morgan fingerprint density at radius 2 is 2.04 bits per heavy atom. The molecule has 1 N–H and O–H groups in total. The van der Waals surface area contributed by atoms with Crippen LogP contribution in [-0.4, -0.2) is 35.9 Å². The Labute approximate surface area is 161 Å². The molecule has 1 aromatic carbocycles. The molecule has 0 fully saturated rings. The van der Waals surface area contributed by atoms with Gasteiger partial charge in [-0.3, -0.25) is 10.1 Å². The molecule has 0 aliphatic heterocycles. The average Bonchev–Trinajstić information content (AvgIpc) is 3.31. The van der Waals surface area contributed by atoms with Gasteiger partial charge in [-0.2, -0.15) is 20.0 Å². The third-order valence-electron chi connectivity index (χ3n) is 4.04. The number of rotatable bonds is 5. The van der Waals surface area contributed by atoms with Crippen LogP contribution in [0.1, 0.15) is 18.3 Å². The summed E-state index contributed by atoms with van der Waals surface area (Å²) in [5, 5.41) is 16.2. The highest BCUT2D eigenvalue weighted by Crippen LogP contribution is 2.22. The standard InChI is InChI=1S/C19H17N7S/c1-2-17-22-23-19(27)26(17)21-12-15-13-25(16-8-4-3-5-9-16)24-18(15)14-7-6-10-20-11-14/h3-13H,2H2,1H3,(H,23,27). The maximum Gasteiger partial charge on any atom is 0.216 e. The normalized spacial score (nSPS) is 11.3. The van der Waals surface area contributed by atoms with Crippen molar-refractivity contribution >= 4 is 18.4 Å². The molecule has 27 heavy (non-hydrogen) atoms. The third-order valence-corrected chi connectivity index (χ3v) is 4.31. The molecule has 7 nitrogen and oxygen atoms in total. The van der Waals surface area contributed by atoms with Gasteiger partial charge in [-0.05, 0) is 36.5 Å². The van der Waals surface area contributed by atoms with Gasteiger partial charge in [0.15, 0.2) is 5.82 Å². The van der Waals surface area contributed by atoms with Gasteiger partial charge in [0.25, 0.3) is 0 Å². The highest BCUT2D eigenvalue weighted by Gasteiger charge is 2.11. The maximum absolute atomic E-state index is 5.26. The molecule has 134 valence electrons. The van der Waals surface area contributed by atoms with Crippen molar-refractivity contribution in [3.63, 3.8) is 0 Å². The van der Waals surface area contributed by atoms with Crippen LogP contribution in [0.3, 0.4) is 0 Å². The second-order valence-electron chi connectivity index (χ2n) is 5.81. The van der Waals surface area contributed by atoms with Crippen molar-refractivity contribution in [1.29, 1.82) is 0 Å². The van der Waals surface area contributed by atoms with E-state index in [2.05, 4.69) is 20.3 Å². The zero-order valence-electron chi connectivity index (χ0n) is 14.6. The lowest BCUT2D eigenvalue weighted by atomic mass is 10.1. The fraction of sp³-hybridized carbons (Fsp3) is 0.105. The van der Waals surface area contributed by atoms with Crippen LogP contribution in [0.5, 0.6) is 0 Å². The molecule has 0 spiro atoms. The summed E-state index contributed by atoms with van der Waals surface area (Å²) in [6, 6.07) is 13.8. The lowest BCUT2D eigenvalue weighted by molar-refractivity contribution is 0.780. The number of benzene rings is 1. The first-order chi connectivity index (χ1) is 13.3. The summed E-state index contributed by atoms with van der Waals surface area (Å²) in [5.74, 6) is 0.773. The molecule has 0 saturated carbocycles. The molecule has 0 saturated heterocycles. The molecule has 0 amide bonds. The molecule has 0 aliphatic carbocycles. The zero-order valence-corrected chi connectivity index (χ0v) is 15.5. The largest absolute Gasteiger partial charge is 0.264 e. The molecule has 4 rings (SSSR count). The Bertz CT molecular complexity index is 1120. The second-order valence-corrected chi connectivity index (χ2v) is 6.20. The predicted octanol–water partition coefficient (Wildman–Crippen LogP) is 3.63. The number of para-hydroxylation sites is 1. The van der Waals surface area contributed by atoms with Crippen LogP contribution in [0, 0.1) is 4.77 Å². The number of aromatic amines is 1. The lowest BCUT2D eigenvalue weighted by Crippen LogP contribution is -1.97. The van der Waals surface area contributed by atoms with Crippen LogP contribution in [0.2, 0.25) is 0 Å². The van der Waals surface area contributed by atoms with Crippen molar-refractivity contribution in [3.05, 3.63) is 77.2 Å². The molecule has 0 atom stereocenters. The van der Waals surface area contributed by atoms with Crippen LogP contribution >= 0.6 is 12.2 Å². The Balaban J connectivity index is 1.81. The monoisotopic (exact) mass is 375 g/mol. The van der Waals surface area contributed by atoms with E-state index in [-0.39, 0.29) is 0 Å². The van der Waals surface area contributed by atoms with E-state index in [0.29, 0.717) is 4.77 Å². The first kappa shape index (κ1) is 17.0. The number of hydrogen-bond donors (Lipinski definition) is 1. The first-order valence-corrected chi connectivity index (χ1v) is 8.93. The summed E-state index contributed by atoms with van der Waals surface area (Å²) in [4.78, 5) is 4.21. The van der Waals surface area contributed by atoms with E-state index in [1.165, 1.54) is 0 Å². The van der Waals surface area contributed by atoms with Gasteiger partial charge in [0.1, 0.15) is 5.69 Å². The van der Waals surface area contributed by atoms with Gasteiger partial charge in [0, 0.05) is 36.1 Å². The number of nitrogens with one attached hydrogen (secondary N) is 1. The van der Waals surface area contributed by atoms with E-state index in [9.17, 15) is 0 Å². The summed E-state index contributed by atoms with van der Waals surface area (Å²) in [7, 11) is 0. The Hall–Kier alpha value is -3.39. The molecule has 0 bridgehead atoms. The molecule has 3 heterocycles. The van der Waals surface area contributed by atoms with Crippen LogP contribution < -0.4 is 0 Å². The molecule has 0 radical (unpaired) electrons. The van der Waals surface area contributed by atoms with Gasteiger partial charge in [0.2, 0.25) is 4.77 Å². The summed E-state index contributed by atoms with van der Waals surface area (Å²) < 4.78 is 3.92. The Morgan fingerprint density at radius 3 is 2.78 bits per heavy atom. The van der Waals surface area contributed by atoms with Crippen molar-refractivity contribution in [2.45, 2.75) is 13.3 Å². The van der Waals surface area contributed by atoms with Crippen molar-refractivity contribution in [2.75, 3.05) is 0 Å². The highest BCUT2D eigenvalue weighted by atomic mass is 32.1. The lowest BCUT2D eigenvalue weighted by Gasteiger charge is -2.00. The Morgan fingerprint density at radius 1 is 1.19 bits per heavy atom. The fourth-order valence-corrected chi connectivity index (χ4v) is 2.91. The summed E-state index contributed by atoms with van der Waals surface area (Å²) >= 11 is 5.26. The van der Waals surface area contributed by atoms with Gasteiger partial charge >= 0.3 is 0 Å². The number of H-pyrrole nitrogens is 1.